The Kier molecular flexibility index (Phi) is 6.64. The van der Waals surface area contributed by atoms with E-state index in [0.717, 1.165) is 22.5 Å². The number of hydrogen-bond acceptors (Lipinski definition) is 6. The van der Waals surface area contributed by atoms with E-state index in [1.807, 2.05) is 73.0 Å². The van der Waals surface area contributed by atoms with Crippen LogP contribution in [0, 0.1) is 18.3 Å². The minimum Gasteiger partial charge on any atom is -0.301 e. The van der Waals surface area contributed by atoms with Crippen LogP contribution in [-0.4, -0.2) is 21.1 Å². The van der Waals surface area contributed by atoms with Crippen LogP contribution in [0.2, 0.25) is 0 Å². The maximum atomic E-state index is 12.8. The molecule has 2 aromatic heterocycles. The Labute approximate surface area is 195 Å². The summed E-state index contributed by atoms with van der Waals surface area (Å²) in [7, 11) is 0. The van der Waals surface area contributed by atoms with Crippen molar-refractivity contribution in [3.8, 4) is 28.6 Å². The van der Waals surface area contributed by atoms with Gasteiger partial charge in [0.25, 0.3) is 0 Å². The third-order valence-electron chi connectivity index (χ3n) is 4.79. The fraction of sp³-hybridized carbons (Fsp3) is 0.120. The Bertz CT molecular complexity index is 1280. The highest BCUT2D eigenvalue weighted by molar-refractivity contribution is 8.00. The first-order chi connectivity index (χ1) is 15.5. The average Bonchev–Trinajstić information content (AvgIpc) is 3.28. The van der Waals surface area contributed by atoms with E-state index in [1.165, 1.54) is 28.7 Å². The number of nitrogens with one attached hydrogen (secondary N) is 1. The number of nitrogens with zero attached hydrogens (tertiary/aromatic N) is 3. The van der Waals surface area contributed by atoms with Crippen LogP contribution in [0.1, 0.15) is 18.1 Å². The van der Waals surface area contributed by atoms with Crippen molar-refractivity contribution in [1.29, 1.82) is 5.26 Å². The van der Waals surface area contributed by atoms with E-state index in [9.17, 15) is 10.1 Å². The number of carbonyl (C=O) groups is 1. The number of rotatable bonds is 6. The van der Waals surface area contributed by atoms with Crippen molar-refractivity contribution < 1.29 is 4.79 Å². The van der Waals surface area contributed by atoms with Gasteiger partial charge in [-0.25, -0.2) is 9.97 Å². The molecule has 0 aliphatic rings. The lowest BCUT2D eigenvalue weighted by atomic mass is 10.1. The smallest absolute Gasteiger partial charge is 0.239 e. The molecule has 5 nitrogen and oxygen atoms in total. The quantitative estimate of drug-likeness (QED) is 0.351. The lowest BCUT2D eigenvalue weighted by Gasteiger charge is -2.12. The molecule has 2 aromatic carbocycles. The Morgan fingerprint density at radius 2 is 1.72 bits per heavy atom. The predicted octanol–water partition coefficient (Wildman–Crippen LogP) is 6.17. The Morgan fingerprint density at radius 3 is 2.44 bits per heavy atom. The highest BCUT2D eigenvalue weighted by atomic mass is 32.2. The van der Waals surface area contributed by atoms with Crippen LogP contribution in [0.25, 0.3) is 22.5 Å². The van der Waals surface area contributed by atoms with Gasteiger partial charge >= 0.3 is 0 Å². The number of benzene rings is 2. The molecule has 0 spiro atoms. The van der Waals surface area contributed by atoms with Crippen molar-refractivity contribution >= 4 is 34.1 Å². The second kappa shape index (κ2) is 9.77. The number of thioether (sulfide) groups is 1. The molecule has 1 unspecified atom stereocenters. The molecular weight excluding hydrogens is 436 g/mol. The largest absolute Gasteiger partial charge is 0.301 e. The monoisotopic (exact) mass is 456 g/mol. The first kappa shape index (κ1) is 21.8. The standard InChI is InChI=1S/C25H20N4OS2/c1-16-8-10-19(11-9-16)21-13-12-20(14-26)24(27-21)32-17(2)23(30)29-25-28-22(15-31-25)18-6-4-3-5-7-18/h3-13,15,17H,1-2H3,(H,28,29,30). The summed E-state index contributed by atoms with van der Waals surface area (Å²) in [6.45, 7) is 3.83. The zero-order valence-electron chi connectivity index (χ0n) is 17.6. The number of aromatic nitrogens is 2. The van der Waals surface area contributed by atoms with Crippen LogP contribution < -0.4 is 5.32 Å². The molecule has 4 aromatic rings. The van der Waals surface area contributed by atoms with Crippen molar-refractivity contribution in [2.24, 2.45) is 0 Å². The fourth-order valence-corrected chi connectivity index (χ4v) is 4.62. The first-order valence-corrected chi connectivity index (χ1v) is 11.8. The summed E-state index contributed by atoms with van der Waals surface area (Å²) in [4.78, 5) is 22.0. The molecule has 1 amide bonds. The Morgan fingerprint density at radius 1 is 1.00 bits per heavy atom. The molecule has 0 aliphatic heterocycles. The number of anilines is 1. The molecule has 0 saturated heterocycles. The zero-order valence-corrected chi connectivity index (χ0v) is 19.2. The summed E-state index contributed by atoms with van der Waals surface area (Å²) in [5, 5.41) is 14.9. The fourth-order valence-electron chi connectivity index (χ4n) is 3.00. The van der Waals surface area contributed by atoms with Crippen LogP contribution >= 0.6 is 23.1 Å². The minimum atomic E-state index is -0.452. The third kappa shape index (κ3) is 5.05. The number of hydrogen-bond donors (Lipinski definition) is 1. The summed E-state index contributed by atoms with van der Waals surface area (Å²) in [6.07, 6.45) is 0. The van der Waals surface area contributed by atoms with E-state index in [-0.39, 0.29) is 5.91 Å². The summed E-state index contributed by atoms with van der Waals surface area (Å²) in [5.41, 5.74) is 5.18. The number of amides is 1. The van der Waals surface area contributed by atoms with E-state index in [0.29, 0.717) is 15.7 Å². The highest BCUT2D eigenvalue weighted by Crippen LogP contribution is 2.30. The molecule has 2 heterocycles. The molecule has 0 radical (unpaired) electrons. The molecule has 4 rings (SSSR count). The lowest BCUT2D eigenvalue weighted by Crippen LogP contribution is -2.22. The summed E-state index contributed by atoms with van der Waals surface area (Å²) >= 11 is 2.65. The zero-order chi connectivity index (χ0) is 22.5. The number of nitriles is 1. The molecule has 0 saturated carbocycles. The second-order valence-electron chi connectivity index (χ2n) is 7.18. The predicted molar refractivity (Wildman–Crippen MR) is 131 cm³/mol. The molecule has 0 fully saturated rings. The van der Waals surface area contributed by atoms with Gasteiger partial charge in [-0.15, -0.1) is 11.3 Å². The van der Waals surface area contributed by atoms with Crippen molar-refractivity contribution in [2.45, 2.75) is 24.1 Å². The van der Waals surface area contributed by atoms with Crippen LogP contribution in [0.5, 0.6) is 0 Å². The van der Waals surface area contributed by atoms with Crippen molar-refractivity contribution in [2.75, 3.05) is 5.32 Å². The summed E-state index contributed by atoms with van der Waals surface area (Å²) in [5.74, 6) is -0.185. The molecule has 158 valence electrons. The maximum absolute atomic E-state index is 12.8. The van der Waals surface area contributed by atoms with Gasteiger partial charge in [0.2, 0.25) is 5.91 Å². The van der Waals surface area contributed by atoms with Crippen molar-refractivity contribution in [1.82, 2.24) is 9.97 Å². The summed E-state index contributed by atoms with van der Waals surface area (Å²) in [6, 6.07) is 23.6. The lowest BCUT2D eigenvalue weighted by molar-refractivity contribution is -0.115. The van der Waals surface area contributed by atoms with E-state index in [4.69, 9.17) is 0 Å². The molecular formula is C25H20N4OS2. The van der Waals surface area contributed by atoms with Gasteiger partial charge in [0.15, 0.2) is 5.13 Å². The molecule has 1 atom stereocenters. The number of aryl methyl sites for hydroxylation is 1. The second-order valence-corrected chi connectivity index (χ2v) is 9.37. The molecule has 7 heteroatoms. The highest BCUT2D eigenvalue weighted by Gasteiger charge is 2.19. The van der Waals surface area contributed by atoms with Crippen molar-refractivity contribution in [3.63, 3.8) is 0 Å². The molecule has 32 heavy (non-hydrogen) atoms. The Hall–Kier alpha value is -3.47. The number of pyridine rings is 1. The van der Waals surface area contributed by atoms with Crippen LogP contribution in [0.3, 0.4) is 0 Å². The molecule has 0 aliphatic carbocycles. The topological polar surface area (TPSA) is 78.7 Å². The van der Waals surface area contributed by atoms with Gasteiger partial charge in [-0.05, 0) is 26.0 Å². The van der Waals surface area contributed by atoms with Gasteiger partial charge < -0.3 is 5.32 Å². The number of carbonyl (C=O) groups excluding carboxylic acids is 1. The van der Waals surface area contributed by atoms with E-state index in [1.54, 1.807) is 13.0 Å². The van der Waals surface area contributed by atoms with E-state index >= 15 is 0 Å². The van der Waals surface area contributed by atoms with Gasteiger partial charge in [0.1, 0.15) is 11.1 Å². The Balaban J connectivity index is 1.48. The van der Waals surface area contributed by atoms with E-state index < -0.39 is 5.25 Å². The average molecular weight is 457 g/mol. The van der Waals surface area contributed by atoms with Crippen LogP contribution in [-0.2, 0) is 4.79 Å². The van der Waals surface area contributed by atoms with E-state index in [2.05, 4.69) is 21.4 Å². The van der Waals surface area contributed by atoms with Crippen molar-refractivity contribution in [3.05, 3.63) is 83.2 Å². The SMILES string of the molecule is Cc1ccc(-c2ccc(C#N)c(SC(C)C(=O)Nc3nc(-c4ccccc4)cs3)n2)cc1. The summed E-state index contributed by atoms with van der Waals surface area (Å²) < 4.78 is 0. The third-order valence-corrected chi connectivity index (χ3v) is 6.65. The first-order valence-electron chi connectivity index (χ1n) is 10.00. The van der Waals surface area contributed by atoms with Gasteiger partial charge in [0, 0.05) is 16.5 Å². The van der Waals surface area contributed by atoms with Gasteiger partial charge in [-0.1, -0.05) is 71.9 Å². The van der Waals surface area contributed by atoms with Gasteiger partial charge in [0.05, 0.1) is 22.2 Å². The van der Waals surface area contributed by atoms with Crippen LogP contribution in [0.4, 0.5) is 5.13 Å². The molecule has 0 bridgehead atoms. The minimum absolute atomic E-state index is 0.185. The molecule has 1 N–H and O–H groups in total. The van der Waals surface area contributed by atoms with Gasteiger partial charge in [-0.2, -0.15) is 5.26 Å². The van der Waals surface area contributed by atoms with Gasteiger partial charge in [-0.3, -0.25) is 4.79 Å². The normalized spacial score (nSPS) is 11.5. The maximum Gasteiger partial charge on any atom is 0.239 e. The van der Waals surface area contributed by atoms with Crippen LogP contribution in [0.15, 0.2) is 77.1 Å². The number of thiazole rings is 1.